The van der Waals surface area contributed by atoms with Crippen LogP contribution in [0.25, 0.3) is 0 Å². The van der Waals surface area contributed by atoms with Gasteiger partial charge in [0.05, 0.1) is 24.2 Å². The molecule has 0 spiro atoms. The molecule has 2 aliphatic carbocycles. The Morgan fingerprint density at radius 3 is 0.513 bits per heavy atom. The van der Waals surface area contributed by atoms with Gasteiger partial charge in [0.1, 0.15) is 46.0 Å². The maximum absolute atomic E-state index is 10.7. The predicted molar refractivity (Wildman–Crippen MR) is 298 cm³/mol. The third kappa shape index (κ3) is 14.2. The van der Waals surface area contributed by atoms with Crippen molar-refractivity contribution in [2.75, 3.05) is 0 Å². The average molecular weight is 1120 g/mol. The van der Waals surface area contributed by atoms with Crippen LogP contribution in [0.5, 0.6) is 46.0 Å². The molecule has 2 fully saturated rings. The van der Waals surface area contributed by atoms with Crippen LogP contribution in [0.1, 0.15) is 121 Å². The molecule has 78 heavy (non-hydrogen) atoms. The Kier molecular flexibility index (Phi) is 21.6. The van der Waals surface area contributed by atoms with Gasteiger partial charge in [-0.15, -0.1) is 0 Å². The van der Waals surface area contributed by atoms with Crippen LogP contribution in [0.3, 0.4) is 0 Å². The zero-order chi connectivity index (χ0) is 53.0. The largest absolute Gasteiger partial charge is 2.00 e. The maximum Gasteiger partial charge on any atom is 2.00 e. The van der Waals surface area contributed by atoms with E-state index in [9.17, 15) is 40.9 Å². The van der Waals surface area contributed by atoms with Crippen LogP contribution in [0.2, 0.25) is 0 Å². The van der Waals surface area contributed by atoms with Crippen LogP contribution >= 0.6 is 0 Å². The summed E-state index contributed by atoms with van der Waals surface area (Å²) in [5.41, 5.74) is 5.53. The molecule has 0 heterocycles. The van der Waals surface area contributed by atoms with Gasteiger partial charge in [-0.25, -0.2) is 0 Å². The summed E-state index contributed by atoms with van der Waals surface area (Å²) in [6.07, 6.45) is 7.74. The summed E-state index contributed by atoms with van der Waals surface area (Å²) in [5.74, 6) is 1.30. The van der Waals surface area contributed by atoms with Crippen molar-refractivity contribution in [3.05, 3.63) is 239 Å². The molecule has 12 nitrogen and oxygen atoms in total. The second-order valence-electron chi connectivity index (χ2n) is 19.9. The third-order valence-corrected chi connectivity index (χ3v) is 15.0. The van der Waals surface area contributed by atoms with Gasteiger partial charge in [-0.3, -0.25) is 0 Å². The number of aromatic hydroxyl groups is 8. The fraction of sp³-hybridized carbons (Fsp3) is 0.250. The predicted octanol–water partition coefficient (Wildman–Crippen LogP) is 11.9. The molecule has 0 aliphatic heterocycles. The van der Waals surface area contributed by atoms with Crippen molar-refractivity contribution in [2.45, 2.75) is 99.7 Å². The first kappa shape index (κ1) is 59.2. The minimum Gasteiger partial charge on any atom is -0.508 e. The molecule has 14 heteroatoms. The average Bonchev–Trinajstić information content (AvgIpc) is 3.45. The van der Waals surface area contributed by atoms with Crippen molar-refractivity contribution in [1.82, 2.24) is 21.3 Å². The van der Waals surface area contributed by atoms with E-state index in [1.165, 1.54) is 0 Å². The van der Waals surface area contributed by atoms with Gasteiger partial charge in [0, 0.05) is 94.5 Å². The maximum atomic E-state index is 10.7. The van der Waals surface area contributed by atoms with Gasteiger partial charge in [0.15, 0.2) is 0 Å². The van der Waals surface area contributed by atoms with E-state index < -0.39 is 24.2 Å². The number of phenols is 8. The Labute approximate surface area is 492 Å². The standard InChI is InChI=1S/2C32H34N2O4.Sc.Ti/c2*35-27-17-7-1-11-21(27)31(22-12-2-8-18-28(22)36)33-25-15-5-6-16-26(25)34-32(23-13-3-9-19-29(23)37)24-14-4-10-20-30(24)38;;/h2*1-4,7-14,17-20,25-26,31-38H,5-6,15-16H2;;/q;;;+2/p+1/t2*25-,26-;;/m11../s1. The molecule has 8 aromatic rings. The topological polar surface area (TPSA) is 210 Å². The van der Waals surface area contributed by atoms with Crippen molar-refractivity contribution in [1.29, 1.82) is 0 Å². The minimum atomic E-state index is -0.432. The number of phenolic OH excluding ortho intramolecular Hbond substituents is 8. The fourth-order valence-corrected chi connectivity index (χ4v) is 11.2. The molecule has 12 N–H and O–H groups in total. The van der Waals surface area contributed by atoms with E-state index in [2.05, 4.69) is 21.3 Å². The molecule has 0 amide bonds. The molecule has 8 aromatic carbocycles. The molecule has 0 bridgehead atoms. The van der Waals surface area contributed by atoms with Crippen LogP contribution in [-0.4, -0.2) is 65.0 Å². The van der Waals surface area contributed by atoms with Gasteiger partial charge in [0.25, 0.3) is 0 Å². The van der Waals surface area contributed by atoms with Crippen molar-refractivity contribution < 1.29 is 89.8 Å². The first-order valence-corrected chi connectivity index (χ1v) is 26.3. The summed E-state index contributed by atoms with van der Waals surface area (Å²) in [7, 11) is 0. The second kappa shape index (κ2) is 28.5. The molecule has 4 atom stereocenters. The Hall–Kier alpha value is -6.42. The summed E-state index contributed by atoms with van der Waals surface area (Å²) in [4.78, 5) is 0. The Morgan fingerprint density at radius 2 is 0.385 bits per heavy atom. The molecule has 0 saturated heterocycles. The first-order valence-electron chi connectivity index (χ1n) is 26.3. The smallest absolute Gasteiger partial charge is 0.508 e. The summed E-state index contributed by atoms with van der Waals surface area (Å²) in [5, 5.41) is 101. The quantitative estimate of drug-likeness (QED) is 0.0408. The second-order valence-corrected chi connectivity index (χ2v) is 19.9. The number of nitrogens with one attached hydrogen (secondary N) is 4. The SMILES string of the molecule is Oc1ccccc1C(N[C@@H]1CCCC[C@H]1NC(c1ccccc1O)c1ccccc1O)c1ccccc1O.Oc1ccccc1C(N[C@@H]1CCCC[C@H]1NC(c1ccccc1O)c1ccccc1O)c1ccccc1O.[H+].[Sc].[Ti+2]. The summed E-state index contributed by atoms with van der Waals surface area (Å²) >= 11 is 0. The molecule has 10 rings (SSSR count). The van der Waals surface area contributed by atoms with Crippen molar-refractivity contribution >= 4 is 0 Å². The van der Waals surface area contributed by atoms with Crippen LogP contribution in [0, 0.1) is 0 Å². The molecule has 0 aromatic heterocycles. The zero-order valence-corrected chi connectivity index (χ0v) is 46.8. The van der Waals surface area contributed by atoms with Gasteiger partial charge in [0.2, 0.25) is 0 Å². The van der Waals surface area contributed by atoms with Crippen LogP contribution in [0.15, 0.2) is 194 Å². The molecule has 0 unspecified atom stereocenters. The summed E-state index contributed by atoms with van der Waals surface area (Å²) < 4.78 is 0. The third-order valence-electron chi connectivity index (χ3n) is 15.0. The molecular formula is C64H69N4O8ScTi+3. The molecule has 2 saturated carbocycles. The number of hydrogen-bond acceptors (Lipinski definition) is 12. The molecule has 1 radical (unpaired) electrons. The van der Waals surface area contributed by atoms with Crippen molar-refractivity contribution in [3.63, 3.8) is 0 Å². The van der Waals surface area contributed by atoms with E-state index in [1.54, 1.807) is 97.1 Å². The number of benzene rings is 8. The summed E-state index contributed by atoms with van der Waals surface area (Å²) in [6.45, 7) is 0. The van der Waals surface area contributed by atoms with E-state index in [4.69, 9.17) is 0 Å². The fourth-order valence-electron chi connectivity index (χ4n) is 11.2. The van der Waals surface area contributed by atoms with Crippen LogP contribution < -0.4 is 21.3 Å². The Balaban J connectivity index is 0.000000246. The Morgan fingerprint density at radius 1 is 0.256 bits per heavy atom. The van der Waals surface area contributed by atoms with E-state index in [-0.39, 0.29) is 119 Å². The normalized spacial score (nSPS) is 17.2. The van der Waals surface area contributed by atoms with E-state index >= 15 is 0 Å². The molecule has 397 valence electrons. The Bertz CT molecular complexity index is 2590. The van der Waals surface area contributed by atoms with E-state index in [1.807, 2.05) is 97.1 Å². The van der Waals surface area contributed by atoms with Gasteiger partial charge in [-0.1, -0.05) is 171 Å². The number of rotatable bonds is 16. The summed E-state index contributed by atoms with van der Waals surface area (Å²) in [6, 6.07) is 55.8. The van der Waals surface area contributed by atoms with Gasteiger partial charge in [-0.05, 0) is 74.2 Å². The van der Waals surface area contributed by atoms with Crippen LogP contribution in [-0.2, 0) is 47.6 Å². The van der Waals surface area contributed by atoms with Crippen molar-refractivity contribution in [2.24, 2.45) is 0 Å². The van der Waals surface area contributed by atoms with Gasteiger partial charge in [-0.2, -0.15) is 0 Å². The minimum absolute atomic E-state index is 0. The van der Waals surface area contributed by atoms with E-state index in [0.29, 0.717) is 44.5 Å². The van der Waals surface area contributed by atoms with E-state index in [0.717, 1.165) is 51.4 Å². The van der Waals surface area contributed by atoms with Gasteiger partial charge >= 0.3 is 23.1 Å². The molecule has 2 aliphatic rings. The first-order chi connectivity index (χ1) is 37.0. The zero-order valence-electron chi connectivity index (χ0n) is 44.4. The monoisotopic (exact) mass is 1110 g/mol. The van der Waals surface area contributed by atoms with Crippen LogP contribution in [0.4, 0.5) is 0 Å². The number of para-hydroxylation sites is 8. The molecular weight excluding hydrogens is 1050 g/mol. The number of hydrogen-bond donors (Lipinski definition) is 12. The van der Waals surface area contributed by atoms with Gasteiger partial charge < -0.3 is 62.1 Å². The van der Waals surface area contributed by atoms with Crippen molar-refractivity contribution in [3.8, 4) is 46.0 Å².